The third-order valence-corrected chi connectivity index (χ3v) is 5.41. The molecule has 1 fully saturated rings. The van der Waals surface area contributed by atoms with E-state index in [9.17, 15) is 9.59 Å². The van der Waals surface area contributed by atoms with Crippen molar-refractivity contribution >= 4 is 23.4 Å². The van der Waals surface area contributed by atoms with E-state index in [1.54, 1.807) is 24.0 Å². The molecule has 1 aliphatic heterocycles. The SMILES string of the molecule is C[C@@H](C(=O)NC[C@@H]1CCCO1)N(Cc1ccccc1)C(=O)Cc1ccc(Cl)cc1. The number of rotatable bonds is 8. The monoisotopic (exact) mass is 414 g/mol. The first-order valence-electron chi connectivity index (χ1n) is 10.00. The van der Waals surface area contributed by atoms with Crippen molar-refractivity contribution in [2.75, 3.05) is 13.2 Å². The van der Waals surface area contributed by atoms with Gasteiger partial charge in [0.1, 0.15) is 6.04 Å². The van der Waals surface area contributed by atoms with E-state index >= 15 is 0 Å². The number of ether oxygens (including phenoxy) is 1. The zero-order valence-electron chi connectivity index (χ0n) is 16.6. The second-order valence-corrected chi connectivity index (χ2v) is 7.80. The first kappa shape index (κ1) is 21.3. The van der Waals surface area contributed by atoms with Crippen molar-refractivity contribution in [2.24, 2.45) is 0 Å². The largest absolute Gasteiger partial charge is 0.376 e. The highest BCUT2D eigenvalue weighted by Gasteiger charge is 2.27. The molecule has 2 atom stereocenters. The van der Waals surface area contributed by atoms with Crippen LogP contribution in [0.4, 0.5) is 0 Å². The zero-order valence-corrected chi connectivity index (χ0v) is 17.4. The van der Waals surface area contributed by atoms with Crippen molar-refractivity contribution < 1.29 is 14.3 Å². The molecule has 0 aromatic heterocycles. The average molecular weight is 415 g/mol. The molecule has 6 heteroatoms. The van der Waals surface area contributed by atoms with Crippen LogP contribution in [0.1, 0.15) is 30.9 Å². The highest BCUT2D eigenvalue weighted by molar-refractivity contribution is 6.30. The molecule has 1 aliphatic rings. The molecule has 0 spiro atoms. The maximum atomic E-state index is 13.1. The van der Waals surface area contributed by atoms with Gasteiger partial charge in [-0.1, -0.05) is 54.1 Å². The Bertz CT molecular complexity index is 805. The van der Waals surface area contributed by atoms with Crippen molar-refractivity contribution in [1.29, 1.82) is 0 Å². The second-order valence-electron chi connectivity index (χ2n) is 7.37. The molecule has 2 aromatic carbocycles. The Morgan fingerprint density at radius 3 is 2.52 bits per heavy atom. The number of halogens is 1. The Balaban J connectivity index is 1.69. The lowest BCUT2D eigenvalue weighted by molar-refractivity contribution is -0.140. The number of carbonyl (C=O) groups is 2. The van der Waals surface area contributed by atoms with Gasteiger partial charge in [-0.15, -0.1) is 0 Å². The molecule has 0 unspecified atom stereocenters. The minimum absolute atomic E-state index is 0.0680. The van der Waals surface area contributed by atoms with Gasteiger partial charge in [-0.05, 0) is 43.0 Å². The standard InChI is InChI=1S/C23H27ClN2O3/c1-17(23(28)25-15-21-8-5-13-29-21)26(16-19-6-3-2-4-7-19)22(27)14-18-9-11-20(24)12-10-18/h2-4,6-7,9-12,17,21H,5,8,13-16H2,1H3,(H,25,28)/t17-,21-/m0/s1. The fourth-order valence-electron chi connectivity index (χ4n) is 3.41. The van der Waals surface area contributed by atoms with Gasteiger partial charge in [0.15, 0.2) is 0 Å². The normalized spacial score (nSPS) is 17.0. The minimum atomic E-state index is -0.587. The molecule has 154 valence electrons. The van der Waals surface area contributed by atoms with E-state index in [4.69, 9.17) is 16.3 Å². The summed E-state index contributed by atoms with van der Waals surface area (Å²) in [6, 6.07) is 16.3. The Morgan fingerprint density at radius 1 is 1.14 bits per heavy atom. The quantitative estimate of drug-likeness (QED) is 0.718. The van der Waals surface area contributed by atoms with Crippen molar-refractivity contribution in [2.45, 2.75) is 44.9 Å². The van der Waals surface area contributed by atoms with Crippen LogP contribution >= 0.6 is 11.6 Å². The van der Waals surface area contributed by atoms with Crippen LogP contribution in [0.25, 0.3) is 0 Å². The van der Waals surface area contributed by atoms with E-state index in [2.05, 4.69) is 5.32 Å². The van der Waals surface area contributed by atoms with E-state index in [0.717, 1.165) is 30.6 Å². The lowest BCUT2D eigenvalue weighted by Crippen LogP contribution is -2.49. The van der Waals surface area contributed by atoms with Crippen molar-refractivity contribution in [1.82, 2.24) is 10.2 Å². The zero-order chi connectivity index (χ0) is 20.6. The summed E-state index contributed by atoms with van der Waals surface area (Å²) in [4.78, 5) is 27.5. The third kappa shape index (κ3) is 6.31. The number of benzene rings is 2. The summed E-state index contributed by atoms with van der Waals surface area (Å²) in [5, 5.41) is 3.57. The number of hydrogen-bond acceptors (Lipinski definition) is 3. The number of nitrogens with zero attached hydrogens (tertiary/aromatic N) is 1. The molecular weight excluding hydrogens is 388 g/mol. The fraction of sp³-hybridized carbons (Fsp3) is 0.391. The van der Waals surface area contributed by atoms with Crippen LogP contribution in [0, 0.1) is 0 Å². The van der Waals surface area contributed by atoms with Gasteiger partial charge in [-0.25, -0.2) is 0 Å². The summed E-state index contributed by atoms with van der Waals surface area (Å²) in [6.07, 6.45) is 2.26. The van der Waals surface area contributed by atoms with Crippen molar-refractivity contribution in [3.8, 4) is 0 Å². The van der Waals surface area contributed by atoms with Gasteiger partial charge >= 0.3 is 0 Å². The van der Waals surface area contributed by atoms with Crippen LogP contribution in [0.15, 0.2) is 54.6 Å². The fourth-order valence-corrected chi connectivity index (χ4v) is 3.53. The van der Waals surface area contributed by atoms with E-state index in [1.807, 2.05) is 42.5 Å². The van der Waals surface area contributed by atoms with Crippen LogP contribution < -0.4 is 5.32 Å². The summed E-state index contributed by atoms with van der Waals surface area (Å²) in [6.45, 7) is 3.37. The Labute approximate surface area is 177 Å². The van der Waals surface area contributed by atoms with Gasteiger partial charge in [0, 0.05) is 24.7 Å². The van der Waals surface area contributed by atoms with Gasteiger partial charge in [-0.2, -0.15) is 0 Å². The molecular formula is C23H27ClN2O3. The first-order chi connectivity index (χ1) is 14.0. The highest BCUT2D eigenvalue weighted by atomic mass is 35.5. The molecule has 5 nitrogen and oxygen atoms in total. The van der Waals surface area contributed by atoms with Gasteiger partial charge < -0.3 is 15.0 Å². The molecule has 29 heavy (non-hydrogen) atoms. The maximum Gasteiger partial charge on any atom is 0.242 e. The molecule has 0 radical (unpaired) electrons. The molecule has 2 amide bonds. The molecule has 2 aromatic rings. The van der Waals surface area contributed by atoms with Crippen LogP contribution in [0.5, 0.6) is 0 Å². The summed E-state index contributed by atoms with van der Waals surface area (Å²) < 4.78 is 5.57. The topological polar surface area (TPSA) is 58.6 Å². The first-order valence-corrected chi connectivity index (χ1v) is 10.4. The Morgan fingerprint density at radius 2 is 1.86 bits per heavy atom. The summed E-state index contributed by atoms with van der Waals surface area (Å²) in [5.41, 5.74) is 1.85. The number of carbonyl (C=O) groups excluding carboxylic acids is 2. The Hall–Kier alpha value is -2.37. The molecule has 1 saturated heterocycles. The summed E-state index contributed by atoms with van der Waals surface area (Å²) in [7, 11) is 0. The Kier molecular flexibility index (Phi) is 7.67. The number of nitrogens with one attached hydrogen (secondary N) is 1. The van der Waals surface area contributed by atoms with Gasteiger partial charge in [0.05, 0.1) is 12.5 Å². The molecule has 0 aliphatic carbocycles. The van der Waals surface area contributed by atoms with E-state index in [1.165, 1.54) is 0 Å². The van der Waals surface area contributed by atoms with Crippen LogP contribution in [0.3, 0.4) is 0 Å². The van der Waals surface area contributed by atoms with Gasteiger partial charge in [0.25, 0.3) is 0 Å². The van der Waals surface area contributed by atoms with Gasteiger partial charge in [0.2, 0.25) is 11.8 Å². The smallest absolute Gasteiger partial charge is 0.242 e. The predicted molar refractivity (Wildman–Crippen MR) is 114 cm³/mol. The van der Waals surface area contributed by atoms with Crippen LogP contribution in [-0.4, -0.2) is 42.0 Å². The molecule has 0 saturated carbocycles. The highest BCUT2D eigenvalue weighted by Crippen LogP contribution is 2.15. The van der Waals surface area contributed by atoms with Crippen LogP contribution in [-0.2, 0) is 27.3 Å². The lowest BCUT2D eigenvalue weighted by atomic mass is 10.1. The molecule has 3 rings (SSSR count). The van der Waals surface area contributed by atoms with E-state index in [-0.39, 0.29) is 24.3 Å². The number of hydrogen-bond donors (Lipinski definition) is 1. The maximum absolute atomic E-state index is 13.1. The van der Waals surface area contributed by atoms with Crippen molar-refractivity contribution in [3.05, 3.63) is 70.7 Å². The third-order valence-electron chi connectivity index (χ3n) is 5.16. The predicted octanol–water partition coefficient (Wildman–Crippen LogP) is 3.60. The number of amides is 2. The molecule has 0 bridgehead atoms. The summed E-state index contributed by atoms with van der Waals surface area (Å²) >= 11 is 5.94. The minimum Gasteiger partial charge on any atom is -0.376 e. The average Bonchev–Trinajstić information content (AvgIpc) is 3.26. The molecule has 1 N–H and O–H groups in total. The van der Waals surface area contributed by atoms with E-state index in [0.29, 0.717) is 18.1 Å². The van der Waals surface area contributed by atoms with Gasteiger partial charge in [-0.3, -0.25) is 9.59 Å². The molecule has 1 heterocycles. The van der Waals surface area contributed by atoms with E-state index < -0.39 is 6.04 Å². The van der Waals surface area contributed by atoms with Crippen LogP contribution in [0.2, 0.25) is 5.02 Å². The summed E-state index contributed by atoms with van der Waals surface area (Å²) in [5.74, 6) is -0.267. The lowest BCUT2D eigenvalue weighted by Gasteiger charge is -2.29. The van der Waals surface area contributed by atoms with Crippen molar-refractivity contribution in [3.63, 3.8) is 0 Å². The second kappa shape index (κ2) is 10.4.